The van der Waals surface area contributed by atoms with Crippen LogP contribution in [0.1, 0.15) is 49.7 Å². The summed E-state index contributed by atoms with van der Waals surface area (Å²) in [6.07, 6.45) is 3.38. The number of benzene rings is 1. The van der Waals surface area contributed by atoms with Gasteiger partial charge in [-0.05, 0) is 42.8 Å². The fourth-order valence-electron chi connectivity index (χ4n) is 3.20. The first-order valence-corrected chi connectivity index (χ1v) is 13.0. The fourth-order valence-corrected chi connectivity index (χ4v) is 4.57. The number of pyridine rings is 1. The molecule has 0 bridgehead atoms. The average molecular weight is 426 g/mol. The highest BCUT2D eigenvalue weighted by molar-refractivity contribution is 6.74. The lowest BCUT2D eigenvalue weighted by Crippen LogP contribution is -2.41. The molecule has 0 amide bonds. The first-order chi connectivity index (χ1) is 13.9. The maximum atomic E-state index is 12.5. The highest BCUT2D eigenvalue weighted by Gasteiger charge is 2.38. The van der Waals surface area contributed by atoms with Crippen molar-refractivity contribution in [2.75, 3.05) is 7.11 Å². The summed E-state index contributed by atoms with van der Waals surface area (Å²) in [6, 6.07) is 7.72. The largest absolute Gasteiger partial charge is 0.465 e. The number of fused-ring (bicyclic) bond motifs is 1. The van der Waals surface area contributed by atoms with Crippen molar-refractivity contribution >= 4 is 25.2 Å². The summed E-state index contributed by atoms with van der Waals surface area (Å²) in [4.78, 5) is 21.5. The van der Waals surface area contributed by atoms with Gasteiger partial charge in [0.05, 0.1) is 48.2 Å². The average Bonchev–Trinajstić information content (AvgIpc) is 3.10. The molecule has 0 aliphatic heterocycles. The summed E-state index contributed by atoms with van der Waals surface area (Å²) in [5, 5.41) is 0.886. The first kappa shape index (κ1) is 22.2. The lowest BCUT2D eigenvalue weighted by atomic mass is 10.0. The number of hydrogen-bond donors (Lipinski definition) is 0. The lowest BCUT2D eigenvalue weighted by Gasteiger charge is -2.38. The molecule has 1 aromatic carbocycles. The standard InChI is InChI=1S/C23H31N3O3Si/c1-15(29-30(7,8)23(2,3)4)16-9-10-17-18(22(27)28-6)12-20(25-19(17)11-16)21-13-24-14-26(21)5/h9-15H,1-8H3. The van der Waals surface area contributed by atoms with Gasteiger partial charge < -0.3 is 13.7 Å². The van der Waals surface area contributed by atoms with Crippen LogP contribution in [-0.2, 0) is 16.2 Å². The van der Waals surface area contributed by atoms with Gasteiger partial charge in [0.25, 0.3) is 0 Å². The molecular formula is C23H31N3O3Si. The molecule has 0 spiro atoms. The van der Waals surface area contributed by atoms with Gasteiger partial charge in [-0.2, -0.15) is 0 Å². The van der Waals surface area contributed by atoms with E-state index in [1.807, 2.05) is 29.8 Å². The highest BCUT2D eigenvalue weighted by Crippen LogP contribution is 2.40. The maximum Gasteiger partial charge on any atom is 0.338 e. The van der Waals surface area contributed by atoms with Crippen LogP contribution in [0, 0.1) is 0 Å². The summed E-state index contributed by atoms with van der Waals surface area (Å²) >= 11 is 0. The van der Waals surface area contributed by atoms with E-state index in [1.165, 1.54) is 7.11 Å². The quantitative estimate of drug-likeness (QED) is 0.399. The minimum absolute atomic E-state index is 0.0703. The summed E-state index contributed by atoms with van der Waals surface area (Å²) < 4.78 is 13.5. The van der Waals surface area contributed by atoms with Crippen molar-refractivity contribution in [3.05, 3.63) is 47.9 Å². The Morgan fingerprint density at radius 2 is 1.90 bits per heavy atom. The highest BCUT2D eigenvalue weighted by atomic mass is 28.4. The number of aromatic nitrogens is 3. The van der Waals surface area contributed by atoms with E-state index in [0.717, 1.165) is 22.2 Å². The van der Waals surface area contributed by atoms with Crippen LogP contribution < -0.4 is 0 Å². The number of hydrogen-bond acceptors (Lipinski definition) is 5. The van der Waals surface area contributed by atoms with Crippen LogP contribution in [0.25, 0.3) is 22.3 Å². The van der Waals surface area contributed by atoms with Crippen LogP contribution >= 0.6 is 0 Å². The minimum atomic E-state index is -1.92. The molecule has 1 unspecified atom stereocenters. The molecule has 2 aromatic heterocycles. The number of rotatable bonds is 5. The molecule has 3 aromatic rings. The molecule has 3 rings (SSSR count). The number of ether oxygens (including phenoxy) is 1. The minimum Gasteiger partial charge on any atom is -0.465 e. The molecule has 0 radical (unpaired) electrons. The molecule has 0 saturated heterocycles. The third-order valence-corrected chi connectivity index (χ3v) is 10.6. The van der Waals surface area contributed by atoms with Gasteiger partial charge in [0.1, 0.15) is 0 Å². The zero-order chi connectivity index (χ0) is 22.3. The number of imidazole rings is 1. The Kier molecular flexibility index (Phi) is 5.89. The normalized spacial score (nSPS) is 13.5. The summed E-state index contributed by atoms with van der Waals surface area (Å²) in [5.41, 5.74) is 3.77. The summed E-state index contributed by atoms with van der Waals surface area (Å²) in [6.45, 7) is 13.3. The van der Waals surface area contributed by atoms with Crippen molar-refractivity contribution in [3.8, 4) is 11.4 Å². The molecule has 160 valence electrons. The Labute approximate surface area is 179 Å². The van der Waals surface area contributed by atoms with Crippen molar-refractivity contribution < 1.29 is 14.0 Å². The van der Waals surface area contributed by atoms with Crippen LogP contribution in [0.2, 0.25) is 18.1 Å². The molecule has 7 heteroatoms. The molecule has 0 fully saturated rings. The van der Waals surface area contributed by atoms with E-state index in [0.29, 0.717) is 11.3 Å². The number of carbonyl (C=O) groups excluding carboxylic acids is 1. The van der Waals surface area contributed by atoms with Crippen LogP contribution in [0.3, 0.4) is 0 Å². The third-order valence-electron chi connectivity index (χ3n) is 6.07. The van der Waals surface area contributed by atoms with Crippen molar-refractivity contribution in [3.63, 3.8) is 0 Å². The van der Waals surface area contributed by atoms with Gasteiger partial charge in [0.15, 0.2) is 8.32 Å². The van der Waals surface area contributed by atoms with Gasteiger partial charge in [-0.25, -0.2) is 14.8 Å². The molecule has 0 saturated carbocycles. The van der Waals surface area contributed by atoms with Gasteiger partial charge in [0, 0.05) is 12.4 Å². The zero-order valence-corrected chi connectivity index (χ0v) is 20.1. The SMILES string of the molecule is COC(=O)c1cc(-c2cncn2C)nc2cc(C(C)O[Si](C)(C)C(C)(C)C)ccc12. The molecule has 2 heterocycles. The van der Waals surface area contributed by atoms with Gasteiger partial charge >= 0.3 is 5.97 Å². The van der Waals surface area contributed by atoms with Crippen molar-refractivity contribution in [1.82, 2.24) is 14.5 Å². The van der Waals surface area contributed by atoms with Gasteiger partial charge in [-0.15, -0.1) is 0 Å². The number of aryl methyl sites for hydroxylation is 1. The summed E-state index contributed by atoms with van der Waals surface area (Å²) in [5.74, 6) is -0.385. The Hall–Kier alpha value is -2.51. The van der Waals surface area contributed by atoms with Crippen LogP contribution in [0.15, 0.2) is 36.8 Å². The zero-order valence-electron chi connectivity index (χ0n) is 19.1. The number of methoxy groups -OCH3 is 1. The molecule has 0 aliphatic rings. The molecule has 0 N–H and O–H groups in total. The molecule has 1 atom stereocenters. The van der Waals surface area contributed by atoms with Crippen molar-refractivity contribution in [1.29, 1.82) is 0 Å². The first-order valence-electron chi connectivity index (χ1n) is 10.1. The van der Waals surface area contributed by atoms with E-state index in [1.54, 1.807) is 18.6 Å². The van der Waals surface area contributed by atoms with E-state index >= 15 is 0 Å². The molecule has 30 heavy (non-hydrogen) atoms. The number of nitrogens with zero attached hydrogens (tertiary/aromatic N) is 3. The Morgan fingerprint density at radius 1 is 1.20 bits per heavy atom. The predicted molar refractivity (Wildman–Crippen MR) is 122 cm³/mol. The van der Waals surface area contributed by atoms with E-state index in [4.69, 9.17) is 14.1 Å². The second-order valence-corrected chi connectivity index (χ2v) is 14.0. The topological polar surface area (TPSA) is 66.2 Å². The monoisotopic (exact) mass is 425 g/mol. The van der Waals surface area contributed by atoms with Crippen LogP contribution in [-0.4, -0.2) is 35.9 Å². The molecule has 6 nitrogen and oxygen atoms in total. The second-order valence-electron chi connectivity index (χ2n) is 9.23. The van der Waals surface area contributed by atoms with Crippen LogP contribution in [0.4, 0.5) is 0 Å². The second kappa shape index (κ2) is 7.96. The smallest absolute Gasteiger partial charge is 0.338 e. The number of esters is 1. The van der Waals surface area contributed by atoms with E-state index in [9.17, 15) is 4.79 Å². The molecule has 0 aliphatic carbocycles. The van der Waals surface area contributed by atoms with E-state index in [2.05, 4.69) is 45.8 Å². The van der Waals surface area contributed by atoms with Gasteiger partial charge in [0.2, 0.25) is 0 Å². The van der Waals surface area contributed by atoms with Crippen molar-refractivity contribution in [2.45, 2.75) is 51.9 Å². The van der Waals surface area contributed by atoms with Crippen molar-refractivity contribution in [2.24, 2.45) is 7.05 Å². The van der Waals surface area contributed by atoms with E-state index < -0.39 is 8.32 Å². The van der Waals surface area contributed by atoms with Crippen LogP contribution in [0.5, 0.6) is 0 Å². The van der Waals surface area contributed by atoms with Gasteiger partial charge in [-0.3, -0.25) is 0 Å². The van der Waals surface area contributed by atoms with Gasteiger partial charge in [-0.1, -0.05) is 32.9 Å². The summed E-state index contributed by atoms with van der Waals surface area (Å²) in [7, 11) is 1.37. The fraction of sp³-hybridized carbons (Fsp3) is 0.435. The number of carbonyl (C=O) groups is 1. The Balaban J connectivity index is 2.10. The predicted octanol–water partition coefficient (Wildman–Crippen LogP) is 5.50. The maximum absolute atomic E-state index is 12.5. The lowest BCUT2D eigenvalue weighted by molar-refractivity contribution is 0.0603. The third kappa shape index (κ3) is 4.18. The molecular weight excluding hydrogens is 394 g/mol. The van der Waals surface area contributed by atoms with E-state index in [-0.39, 0.29) is 17.1 Å². The Morgan fingerprint density at radius 3 is 2.47 bits per heavy atom. The Bertz CT molecular complexity index is 1080.